The molecule has 0 bridgehead atoms. The Morgan fingerprint density at radius 3 is 2.70 bits per heavy atom. The Kier molecular flexibility index (Phi) is 5.67. The molecular weight excluding hydrogens is 300 g/mol. The average Bonchev–Trinajstić information content (AvgIpc) is 2.93. The van der Waals surface area contributed by atoms with Crippen LogP contribution >= 0.6 is 0 Å². The highest BCUT2D eigenvalue weighted by Gasteiger charge is 2.08. The number of carboxylic acid groups (broad SMARTS) is 1. The van der Waals surface area contributed by atoms with Crippen molar-refractivity contribution in [3.63, 3.8) is 0 Å². The molecular formula is C15H18N4O4. The Morgan fingerprint density at radius 1 is 1.30 bits per heavy atom. The first-order valence-corrected chi connectivity index (χ1v) is 7.20. The Morgan fingerprint density at radius 2 is 2.04 bits per heavy atom. The van der Waals surface area contributed by atoms with E-state index < -0.39 is 5.97 Å². The molecule has 0 radical (unpaired) electrons. The lowest BCUT2D eigenvalue weighted by Gasteiger charge is -2.05. The molecule has 0 unspecified atom stereocenters. The summed E-state index contributed by atoms with van der Waals surface area (Å²) in [5.41, 5.74) is 1.03. The van der Waals surface area contributed by atoms with E-state index in [-0.39, 0.29) is 18.3 Å². The molecule has 8 heteroatoms. The molecule has 0 saturated heterocycles. The van der Waals surface area contributed by atoms with Crippen molar-refractivity contribution in [1.29, 1.82) is 0 Å². The van der Waals surface area contributed by atoms with Crippen LogP contribution in [-0.2, 0) is 22.6 Å². The predicted molar refractivity (Wildman–Crippen MR) is 82.2 cm³/mol. The van der Waals surface area contributed by atoms with Crippen molar-refractivity contribution in [3.05, 3.63) is 36.0 Å². The number of benzene rings is 1. The number of carbonyl (C=O) groups is 2. The summed E-state index contributed by atoms with van der Waals surface area (Å²) in [7, 11) is 0. The zero-order valence-electron chi connectivity index (χ0n) is 12.7. The van der Waals surface area contributed by atoms with Crippen LogP contribution in [0.5, 0.6) is 5.75 Å². The number of anilines is 1. The minimum atomic E-state index is -1.02. The zero-order chi connectivity index (χ0) is 16.7. The Balaban J connectivity index is 1.80. The van der Waals surface area contributed by atoms with Crippen molar-refractivity contribution >= 4 is 17.7 Å². The predicted octanol–water partition coefficient (Wildman–Crippen LogP) is 1.33. The summed E-state index contributed by atoms with van der Waals surface area (Å²) in [6.45, 7) is 2.24. The topological polar surface area (TPSA) is 106 Å². The van der Waals surface area contributed by atoms with Crippen molar-refractivity contribution in [1.82, 2.24) is 15.0 Å². The molecule has 1 aromatic carbocycles. The number of hydrogen-bond acceptors (Lipinski definition) is 5. The van der Waals surface area contributed by atoms with Gasteiger partial charge in [0.15, 0.2) is 5.82 Å². The first-order valence-electron chi connectivity index (χ1n) is 7.20. The van der Waals surface area contributed by atoms with Crippen LogP contribution in [0.2, 0.25) is 0 Å². The number of nitrogens with zero attached hydrogens (tertiary/aromatic N) is 3. The second-order valence-electron chi connectivity index (χ2n) is 4.82. The van der Waals surface area contributed by atoms with Crippen LogP contribution in [0.3, 0.4) is 0 Å². The summed E-state index contributed by atoms with van der Waals surface area (Å²) >= 11 is 0. The van der Waals surface area contributed by atoms with Gasteiger partial charge in [0.05, 0.1) is 12.8 Å². The summed E-state index contributed by atoms with van der Waals surface area (Å²) < 4.78 is 6.50. The Labute approximate surface area is 133 Å². The fourth-order valence-corrected chi connectivity index (χ4v) is 1.95. The van der Waals surface area contributed by atoms with E-state index >= 15 is 0 Å². The fourth-order valence-electron chi connectivity index (χ4n) is 1.95. The summed E-state index contributed by atoms with van der Waals surface area (Å²) in [5, 5.41) is 18.5. The third-order valence-electron chi connectivity index (χ3n) is 2.98. The second-order valence-corrected chi connectivity index (χ2v) is 4.82. The summed E-state index contributed by atoms with van der Waals surface area (Å²) in [6, 6.07) is 7.57. The summed E-state index contributed by atoms with van der Waals surface area (Å²) in [6.07, 6.45) is 2.25. The number of ether oxygens (including phenoxy) is 1. The Bertz CT molecular complexity index is 666. The van der Waals surface area contributed by atoms with Gasteiger partial charge in [-0.3, -0.25) is 9.59 Å². The molecule has 23 heavy (non-hydrogen) atoms. The van der Waals surface area contributed by atoms with Gasteiger partial charge in [-0.2, -0.15) is 0 Å². The van der Waals surface area contributed by atoms with E-state index in [2.05, 4.69) is 15.6 Å². The van der Waals surface area contributed by atoms with Gasteiger partial charge in [-0.15, -0.1) is 5.10 Å². The lowest BCUT2D eigenvalue weighted by Crippen LogP contribution is -2.12. The summed E-state index contributed by atoms with van der Waals surface area (Å²) in [5.74, 6) is -0.191. The number of amides is 1. The molecule has 0 spiro atoms. The van der Waals surface area contributed by atoms with Crippen LogP contribution < -0.4 is 10.1 Å². The first-order chi connectivity index (χ1) is 11.1. The molecule has 122 valence electrons. The van der Waals surface area contributed by atoms with Crippen molar-refractivity contribution < 1.29 is 19.4 Å². The maximum absolute atomic E-state index is 11.9. The minimum absolute atomic E-state index is 0.207. The van der Waals surface area contributed by atoms with Crippen LogP contribution in [0, 0.1) is 0 Å². The van der Waals surface area contributed by atoms with E-state index in [9.17, 15) is 9.59 Å². The highest BCUT2D eigenvalue weighted by molar-refractivity contribution is 5.89. The van der Waals surface area contributed by atoms with E-state index in [1.54, 1.807) is 0 Å². The summed E-state index contributed by atoms with van der Waals surface area (Å²) in [4.78, 5) is 22.4. The molecule has 0 atom stereocenters. The second kappa shape index (κ2) is 7.92. The smallest absolute Gasteiger partial charge is 0.325 e. The molecule has 2 N–H and O–H groups in total. The molecule has 2 aromatic rings. The average molecular weight is 318 g/mol. The molecule has 2 rings (SSSR count). The van der Waals surface area contributed by atoms with Crippen LogP contribution in [0.25, 0.3) is 0 Å². The van der Waals surface area contributed by atoms with E-state index in [1.165, 1.54) is 6.20 Å². The molecule has 1 heterocycles. The van der Waals surface area contributed by atoms with E-state index in [4.69, 9.17) is 9.84 Å². The minimum Gasteiger partial charge on any atom is -0.494 e. The van der Waals surface area contributed by atoms with Gasteiger partial charge in [0.2, 0.25) is 5.91 Å². The fraction of sp³-hybridized carbons (Fsp3) is 0.333. The molecule has 0 aliphatic rings. The van der Waals surface area contributed by atoms with Crippen LogP contribution in [0.4, 0.5) is 5.82 Å². The molecule has 1 amide bonds. The first kappa shape index (κ1) is 16.5. The van der Waals surface area contributed by atoms with Gasteiger partial charge in [0, 0.05) is 6.42 Å². The quantitative estimate of drug-likeness (QED) is 0.760. The number of nitrogens with one attached hydrogen (secondary N) is 1. The van der Waals surface area contributed by atoms with Crippen molar-refractivity contribution in [2.45, 2.75) is 26.3 Å². The number of aliphatic carboxylic acids is 1. The number of carboxylic acids is 1. The van der Waals surface area contributed by atoms with E-state index in [0.717, 1.165) is 16.0 Å². The van der Waals surface area contributed by atoms with Gasteiger partial charge in [0.1, 0.15) is 12.3 Å². The largest absolute Gasteiger partial charge is 0.494 e. The van der Waals surface area contributed by atoms with E-state index in [1.807, 2.05) is 31.2 Å². The van der Waals surface area contributed by atoms with Crippen LogP contribution in [-0.4, -0.2) is 38.6 Å². The number of aryl methyl sites for hydroxylation is 1. The highest BCUT2D eigenvalue weighted by atomic mass is 16.5. The molecule has 0 aliphatic heterocycles. The number of rotatable bonds is 8. The SMILES string of the molecule is CCOc1ccc(CCC(=O)Nc2cn(CC(=O)O)nn2)cc1. The molecule has 1 aromatic heterocycles. The monoisotopic (exact) mass is 318 g/mol. The third kappa shape index (κ3) is 5.42. The van der Waals surface area contributed by atoms with Gasteiger partial charge >= 0.3 is 5.97 Å². The number of carbonyl (C=O) groups excluding carboxylic acids is 1. The van der Waals surface area contributed by atoms with Crippen LogP contribution in [0.15, 0.2) is 30.5 Å². The maximum Gasteiger partial charge on any atom is 0.325 e. The van der Waals surface area contributed by atoms with Gasteiger partial charge in [0.25, 0.3) is 0 Å². The van der Waals surface area contributed by atoms with Crippen LogP contribution in [0.1, 0.15) is 18.9 Å². The standard InChI is InChI=1S/C15H18N4O4/c1-2-23-12-6-3-11(4-7-12)5-8-14(20)16-13-9-19(18-17-13)10-15(21)22/h3-4,6-7,9H,2,5,8,10H2,1H3,(H,16,20)(H,21,22). The van der Waals surface area contributed by atoms with E-state index in [0.29, 0.717) is 19.4 Å². The normalized spacial score (nSPS) is 10.3. The van der Waals surface area contributed by atoms with Crippen molar-refractivity contribution in [3.8, 4) is 5.75 Å². The van der Waals surface area contributed by atoms with Gasteiger partial charge in [-0.05, 0) is 31.0 Å². The molecule has 0 saturated carbocycles. The van der Waals surface area contributed by atoms with Gasteiger partial charge in [-0.25, -0.2) is 4.68 Å². The van der Waals surface area contributed by atoms with Crippen molar-refractivity contribution in [2.75, 3.05) is 11.9 Å². The number of hydrogen-bond donors (Lipinski definition) is 2. The highest BCUT2D eigenvalue weighted by Crippen LogP contribution is 2.13. The molecule has 8 nitrogen and oxygen atoms in total. The lowest BCUT2D eigenvalue weighted by molar-refractivity contribution is -0.137. The third-order valence-corrected chi connectivity index (χ3v) is 2.98. The zero-order valence-corrected chi connectivity index (χ0v) is 12.7. The molecule has 0 aliphatic carbocycles. The lowest BCUT2D eigenvalue weighted by atomic mass is 10.1. The molecule has 0 fully saturated rings. The van der Waals surface area contributed by atoms with Crippen molar-refractivity contribution in [2.24, 2.45) is 0 Å². The maximum atomic E-state index is 11.9. The number of aromatic nitrogens is 3. The van der Waals surface area contributed by atoms with Gasteiger partial charge < -0.3 is 15.2 Å². The van der Waals surface area contributed by atoms with Gasteiger partial charge in [-0.1, -0.05) is 17.3 Å². The Hall–Kier alpha value is -2.90.